The van der Waals surface area contributed by atoms with Crippen LogP contribution in [-0.2, 0) is 0 Å². The predicted octanol–water partition coefficient (Wildman–Crippen LogP) is 4.16. The van der Waals surface area contributed by atoms with Crippen LogP contribution in [0.25, 0.3) is 21.7 Å². The van der Waals surface area contributed by atoms with Crippen molar-refractivity contribution in [3.8, 4) is 27.4 Å². The van der Waals surface area contributed by atoms with Crippen LogP contribution in [0.4, 0.5) is 5.82 Å². The first-order chi connectivity index (χ1) is 9.70. The van der Waals surface area contributed by atoms with Gasteiger partial charge >= 0.3 is 0 Å². The van der Waals surface area contributed by atoms with Crippen molar-refractivity contribution in [2.45, 2.75) is 0 Å². The van der Waals surface area contributed by atoms with Crippen molar-refractivity contribution in [3.63, 3.8) is 0 Å². The average molecular weight is 350 g/mol. The number of hydrogen-bond donors (Lipinski definition) is 2. The van der Waals surface area contributed by atoms with Crippen molar-refractivity contribution in [1.82, 2.24) is 10.2 Å². The van der Waals surface area contributed by atoms with Gasteiger partial charge in [-0.05, 0) is 29.1 Å². The summed E-state index contributed by atoms with van der Waals surface area (Å²) in [5.41, 5.74) is 8.81. The minimum Gasteiger partial charge on any atom is -0.495 e. The Bertz CT molecular complexity index is 750. The van der Waals surface area contributed by atoms with E-state index in [4.69, 9.17) is 10.5 Å². The molecule has 0 radical (unpaired) electrons. The Balaban J connectivity index is 2.20. The fourth-order valence-electron chi connectivity index (χ4n) is 2.10. The van der Waals surface area contributed by atoms with Gasteiger partial charge in [0.1, 0.15) is 5.75 Å². The van der Waals surface area contributed by atoms with E-state index < -0.39 is 0 Å². The number of halogens is 1. The maximum atomic E-state index is 6.03. The van der Waals surface area contributed by atoms with E-state index in [-0.39, 0.29) is 0 Å². The van der Waals surface area contributed by atoms with Gasteiger partial charge in [0.25, 0.3) is 0 Å². The summed E-state index contributed by atoms with van der Waals surface area (Å²) in [6.07, 6.45) is 0. The van der Waals surface area contributed by atoms with Crippen LogP contribution in [0.2, 0.25) is 0 Å². The van der Waals surface area contributed by atoms with Crippen LogP contribution in [0.15, 0.2) is 40.2 Å². The van der Waals surface area contributed by atoms with Crippen molar-refractivity contribution in [3.05, 3.63) is 40.2 Å². The van der Waals surface area contributed by atoms with Gasteiger partial charge in [0.05, 0.1) is 23.2 Å². The summed E-state index contributed by atoms with van der Waals surface area (Å²) in [5.74, 6) is 1.29. The summed E-state index contributed by atoms with van der Waals surface area (Å²) < 4.78 is 6.38. The molecule has 0 aliphatic carbocycles. The summed E-state index contributed by atoms with van der Waals surface area (Å²) in [4.78, 5) is 0.992. The van der Waals surface area contributed by atoms with E-state index in [0.717, 1.165) is 31.9 Å². The van der Waals surface area contributed by atoms with Crippen molar-refractivity contribution in [1.29, 1.82) is 0 Å². The Morgan fingerprint density at radius 3 is 2.95 bits per heavy atom. The topological polar surface area (TPSA) is 63.9 Å². The van der Waals surface area contributed by atoms with E-state index in [9.17, 15) is 0 Å². The molecule has 0 aliphatic heterocycles. The number of thiophene rings is 1. The van der Waals surface area contributed by atoms with Gasteiger partial charge in [0, 0.05) is 4.47 Å². The summed E-state index contributed by atoms with van der Waals surface area (Å²) in [5, 5.41) is 9.13. The summed E-state index contributed by atoms with van der Waals surface area (Å²) >= 11 is 5.07. The number of H-pyrrole nitrogens is 1. The molecule has 0 saturated heterocycles. The highest BCUT2D eigenvalue weighted by atomic mass is 79.9. The van der Waals surface area contributed by atoms with Gasteiger partial charge in [-0.2, -0.15) is 5.10 Å². The number of aromatic amines is 1. The van der Waals surface area contributed by atoms with E-state index in [1.165, 1.54) is 0 Å². The molecule has 0 spiro atoms. The molecule has 2 aromatic heterocycles. The minimum absolute atomic E-state index is 0.480. The van der Waals surface area contributed by atoms with Crippen LogP contribution < -0.4 is 10.5 Å². The number of nitrogens with one attached hydrogen (secondary N) is 1. The predicted molar refractivity (Wildman–Crippen MR) is 86.0 cm³/mol. The first-order valence-corrected chi connectivity index (χ1v) is 7.59. The lowest BCUT2D eigenvalue weighted by Gasteiger charge is -2.05. The van der Waals surface area contributed by atoms with Crippen LogP contribution in [0.5, 0.6) is 5.75 Å². The van der Waals surface area contributed by atoms with Gasteiger partial charge in [0.15, 0.2) is 5.82 Å². The molecule has 0 fully saturated rings. The number of nitrogens with zero attached hydrogens (tertiary/aromatic N) is 1. The Hall–Kier alpha value is -1.79. The molecule has 6 heteroatoms. The number of aromatic nitrogens is 2. The Kier molecular flexibility index (Phi) is 3.50. The molecular weight excluding hydrogens is 338 g/mol. The van der Waals surface area contributed by atoms with Crippen LogP contribution in [0.1, 0.15) is 0 Å². The van der Waals surface area contributed by atoms with E-state index >= 15 is 0 Å². The number of anilines is 1. The molecule has 0 amide bonds. The number of methoxy groups -OCH3 is 1. The molecule has 0 unspecified atom stereocenters. The SMILES string of the molecule is COc1ccsc1-c1[nH]nc(N)c1-c1cccc(Br)c1. The Morgan fingerprint density at radius 2 is 2.20 bits per heavy atom. The highest BCUT2D eigenvalue weighted by Crippen LogP contribution is 2.42. The first-order valence-electron chi connectivity index (χ1n) is 5.92. The highest BCUT2D eigenvalue weighted by Gasteiger charge is 2.18. The molecule has 0 atom stereocenters. The van der Waals surface area contributed by atoms with Crippen LogP contribution >= 0.6 is 27.3 Å². The standard InChI is InChI=1S/C14H12BrN3OS/c1-19-10-5-6-20-13(10)12-11(14(16)18-17-12)8-3-2-4-9(15)7-8/h2-7H,1H3,(H3,16,17,18). The molecule has 0 bridgehead atoms. The van der Waals surface area contributed by atoms with Gasteiger partial charge in [0.2, 0.25) is 0 Å². The third-order valence-electron chi connectivity index (χ3n) is 2.98. The summed E-state index contributed by atoms with van der Waals surface area (Å²) in [6, 6.07) is 9.91. The molecular formula is C14H12BrN3OS. The maximum Gasteiger partial charge on any atom is 0.153 e. The molecule has 102 valence electrons. The van der Waals surface area contributed by atoms with E-state index in [2.05, 4.69) is 26.1 Å². The molecule has 20 heavy (non-hydrogen) atoms. The zero-order valence-corrected chi connectivity index (χ0v) is 13.1. The van der Waals surface area contributed by atoms with E-state index in [0.29, 0.717) is 5.82 Å². The molecule has 0 saturated carbocycles. The fourth-order valence-corrected chi connectivity index (χ4v) is 3.36. The lowest BCUT2D eigenvalue weighted by atomic mass is 10.0. The second-order valence-electron chi connectivity index (χ2n) is 4.19. The fraction of sp³-hybridized carbons (Fsp3) is 0.0714. The first kappa shape index (κ1) is 13.2. The van der Waals surface area contributed by atoms with Crippen LogP contribution in [0.3, 0.4) is 0 Å². The van der Waals surface area contributed by atoms with Gasteiger partial charge in [-0.1, -0.05) is 28.1 Å². The lowest BCUT2D eigenvalue weighted by Crippen LogP contribution is -1.89. The summed E-state index contributed by atoms with van der Waals surface area (Å²) in [6.45, 7) is 0. The number of ether oxygens (including phenoxy) is 1. The van der Waals surface area contributed by atoms with Crippen molar-refractivity contribution in [2.24, 2.45) is 0 Å². The van der Waals surface area contributed by atoms with E-state index in [1.54, 1.807) is 18.4 Å². The number of nitrogen functional groups attached to an aromatic ring is 1. The molecule has 1 aromatic carbocycles. The third-order valence-corrected chi connectivity index (χ3v) is 4.39. The highest BCUT2D eigenvalue weighted by molar-refractivity contribution is 9.10. The monoisotopic (exact) mass is 349 g/mol. The maximum absolute atomic E-state index is 6.03. The Morgan fingerprint density at radius 1 is 1.35 bits per heavy atom. The van der Waals surface area contributed by atoms with Crippen molar-refractivity contribution in [2.75, 3.05) is 12.8 Å². The lowest BCUT2D eigenvalue weighted by molar-refractivity contribution is 0.418. The summed E-state index contributed by atoms with van der Waals surface area (Å²) in [7, 11) is 1.66. The number of hydrogen-bond acceptors (Lipinski definition) is 4. The number of rotatable bonds is 3. The quantitative estimate of drug-likeness (QED) is 0.746. The Labute approximate surface area is 128 Å². The largest absolute Gasteiger partial charge is 0.495 e. The number of benzene rings is 1. The second kappa shape index (κ2) is 5.30. The molecule has 0 aliphatic rings. The van der Waals surface area contributed by atoms with Crippen molar-refractivity contribution < 1.29 is 4.74 Å². The molecule has 2 heterocycles. The molecule has 3 rings (SSSR count). The normalized spacial score (nSPS) is 10.7. The smallest absolute Gasteiger partial charge is 0.153 e. The number of nitrogens with two attached hydrogens (primary N) is 1. The third kappa shape index (κ3) is 2.21. The zero-order chi connectivity index (χ0) is 14.1. The molecule has 3 N–H and O–H groups in total. The van der Waals surface area contributed by atoms with Crippen LogP contribution in [0, 0.1) is 0 Å². The van der Waals surface area contributed by atoms with E-state index in [1.807, 2.05) is 35.7 Å². The minimum atomic E-state index is 0.480. The van der Waals surface area contributed by atoms with Gasteiger partial charge in [-0.15, -0.1) is 11.3 Å². The van der Waals surface area contributed by atoms with Crippen molar-refractivity contribution >= 4 is 33.1 Å². The van der Waals surface area contributed by atoms with Gasteiger partial charge in [-0.25, -0.2) is 0 Å². The van der Waals surface area contributed by atoms with Gasteiger partial charge in [-0.3, -0.25) is 5.10 Å². The zero-order valence-electron chi connectivity index (χ0n) is 10.7. The second-order valence-corrected chi connectivity index (χ2v) is 6.02. The van der Waals surface area contributed by atoms with Crippen LogP contribution in [-0.4, -0.2) is 17.3 Å². The molecule has 4 nitrogen and oxygen atoms in total. The van der Waals surface area contributed by atoms with Gasteiger partial charge < -0.3 is 10.5 Å². The average Bonchev–Trinajstić information content (AvgIpc) is 3.04. The molecule has 3 aromatic rings.